The summed E-state index contributed by atoms with van der Waals surface area (Å²) >= 11 is 0. The Morgan fingerprint density at radius 3 is 2.15 bits per heavy atom. The Kier molecular flexibility index (Phi) is 12.1. The first-order chi connectivity index (χ1) is 23.0. The summed E-state index contributed by atoms with van der Waals surface area (Å²) in [5.74, 6) is 0.485. The van der Waals surface area contributed by atoms with Gasteiger partial charge in [0.05, 0.1) is 50.0 Å². The number of aryl methyl sites for hydroxylation is 1. The van der Waals surface area contributed by atoms with Crippen molar-refractivity contribution in [2.45, 2.75) is 37.1 Å². The van der Waals surface area contributed by atoms with Gasteiger partial charge in [0.25, 0.3) is 0 Å². The zero-order valence-electron chi connectivity index (χ0n) is 26.5. The molecule has 5 rings (SSSR count). The fourth-order valence-electron chi connectivity index (χ4n) is 5.44. The minimum Gasteiger partial charge on any atom is -0.389 e. The van der Waals surface area contributed by atoms with Gasteiger partial charge in [-0.2, -0.15) is 5.26 Å². The lowest BCUT2D eigenvalue weighted by molar-refractivity contribution is 0.0616. The number of aliphatic hydroxyl groups excluding tert-OH is 1. The maximum atomic E-state index is 11.8. The fraction of sp³-hybridized carbons (Fsp3) is 0.286. The van der Waals surface area contributed by atoms with Crippen molar-refractivity contribution in [3.05, 3.63) is 120 Å². The molecule has 0 aliphatic rings. The number of rotatable bonds is 17. The second-order valence-electron chi connectivity index (χ2n) is 11.1. The zero-order chi connectivity index (χ0) is 32.9. The quantitative estimate of drug-likeness (QED) is 0.0458. The van der Waals surface area contributed by atoms with Gasteiger partial charge in [0.2, 0.25) is 0 Å². The lowest BCUT2D eigenvalue weighted by Crippen LogP contribution is -2.54. The molecule has 0 radical (unpaired) electrons. The van der Waals surface area contributed by atoms with E-state index in [0.717, 1.165) is 16.7 Å². The predicted molar refractivity (Wildman–Crippen MR) is 184 cm³/mol. The molecule has 2 heterocycles. The van der Waals surface area contributed by atoms with Gasteiger partial charge in [-0.3, -0.25) is 5.32 Å². The van der Waals surface area contributed by atoms with E-state index >= 15 is 0 Å². The molecular formula is C35H39N8O3P. The van der Waals surface area contributed by atoms with Crippen molar-refractivity contribution in [3.63, 3.8) is 0 Å². The number of imidazole rings is 1. The molecule has 0 aliphatic heterocycles. The zero-order valence-corrected chi connectivity index (χ0v) is 27.5. The molecule has 5 aromatic rings. The third kappa shape index (κ3) is 8.43. The molecule has 0 saturated heterocycles. The molecular weight excluding hydrogens is 611 g/mol. The first-order valence-corrected chi connectivity index (χ1v) is 16.2. The van der Waals surface area contributed by atoms with Gasteiger partial charge in [0.15, 0.2) is 26.0 Å². The SMILES string of the molecule is CN(C)C=Nc1ncnc2c1ncn2CCC(NC(c1ccccc1)(c1ccccc1)c1ccccc1)C(O)COPOCCC#N. The maximum Gasteiger partial charge on any atom is 0.184 e. The number of benzene rings is 3. The highest BCUT2D eigenvalue weighted by atomic mass is 31.1. The minimum absolute atomic E-state index is 0.0351. The lowest BCUT2D eigenvalue weighted by Gasteiger charge is -2.41. The molecule has 0 amide bonds. The number of nitriles is 1. The van der Waals surface area contributed by atoms with Gasteiger partial charge in [-0.15, -0.1) is 0 Å². The summed E-state index contributed by atoms with van der Waals surface area (Å²) < 4.78 is 13.2. The van der Waals surface area contributed by atoms with Crippen LogP contribution in [-0.4, -0.2) is 75.3 Å². The van der Waals surface area contributed by atoms with Crippen LogP contribution < -0.4 is 5.32 Å². The average molecular weight is 651 g/mol. The number of nitrogens with one attached hydrogen (secondary N) is 1. The van der Waals surface area contributed by atoms with Crippen LogP contribution in [0, 0.1) is 11.3 Å². The van der Waals surface area contributed by atoms with Gasteiger partial charge < -0.3 is 23.6 Å². The number of fused-ring (bicyclic) bond motifs is 1. The second-order valence-corrected chi connectivity index (χ2v) is 11.9. The van der Waals surface area contributed by atoms with Gasteiger partial charge in [0.1, 0.15) is 6.33 Å². The Morgan fingerprint density at radius 1 is 0.957 bits per heavy atom. The van der Waals surface area contributed by atoms with E-state index in [4.69, 9.17) is 14.3 Å². The highest BCUT2D eigenvalue weighted by Crippen LogP contribution is 2.38. The van der Waals surface area contributed by atoms with E-state index in [1.165, 1.54) is 6.33 Å². The Balaban J connectivity index is 1.51. The van der Waals surface area contributed by atoms with E-state index < -0.39 is 17.7 Å². The van der Waals surface area contributed by atoms with Crippen molar-refractivity contribution in [2.75, 3.05) is 27.3 Å². The highest BCUT2D eigenvalue weighted by molar-refractivity contribution is 7.26. The molecule has 2 N–H and O–H groups in total. The summed E-state index contributed by atoms with van der Waals surface area (Å²) in [4.78, 5) is 19.7. The van der Waals surface area contributed by atoms with Crippen LogP contribution in [0.15, 0.2) is 109 Å². The number of aliphatic hydroxyl groups is 1. The lowest BCUT2D eigenvalue weighted by atomic mass is 9.76. The first kappa shape index (κ1) is 33.8. The Hall–Kier alpha value is -4.56. The van der Waals surface area contributed by atoms with Crippen LogP contribution in [-0.2, 0) is 21.1 Å². The minimum atomic E-state index is -0.915. The largest absolute Gasteiger partial charge is 0.389 e. The number of aromatic nitrogens is 4. The molecule has 0 bridgehead atoms. The molecule has 47 heavy (non-hydrogen) atoms. The van der Waals surface area contributed by atoms with Crippen LogP contribution in [0.4, 0.5) is 5.82 Å². The molecule has 0 fully saturated rings. The molecule has 12 heteroatoms. The van der Waals surface area contributed by atoms with E-state index in [1.54, 1.807) is 12.7 Å². The molecule has 0 spiro atoms. The Morgan fingerprint density at radius 2 is 1.57 bits per heavy atom. The van der Waals surface area contributed by atoms with Crippen LogP contribution in [0.1, 0.15) is 29.5 Å². The molecule has 11 nitrogen and oxygen atoms in total. The number of hydrogen-bond acceptors (Lipinski definition) is 9. The van der Waals surface area contributed by atoms with Crippen LogP contribution in [0.3, 0.4) is 0 Å². The summed E-state index contributed by atoms with van der Waals surface area (Å²) in [6, 6.07) is 32.4. The Labute approximate surface area is 276 Å². The number of hydrogen-bond donors (Lipinski definition) is 2. The monoisotopic (exact) mass is 650 g/mol. The topological polar surface area (TPSA) is 134 Å². The average Bonchev–Trinajstić information content (AvgIpc) is 3.53. The summed E-state index contributed by atoms with van der Waals surface area (Å²) in [6.07, 6.45) is 4.77. The van der Waals surface area contributed by atoms with Crippen molar-refractivity contribution < 1.29 is 14.2 Å². The Bertz CT molecular complexity index is 1650. The van der Waals surface area contributed by atoms with Gasteiger partial charge in [-0.05, 0) is 23.1 Å². The van der Waals surface area contributed by atoms with Crippen molar-refractivity contribution in [3.8, 4) is 6.07 Å². The summed E-state index contributed by atoms with van der Waals surface area (Å²) in [7, 11) is 3.49. The summed E-state index contributed by atoms with van der Waals surface area (Å²) in [5, 5.41) is 24.5. The van der Waals surface area contributed by atoms with Crippen molar-refractivity contribution >= 4 is 32.4 Å². The third-order valence-electron chi connectivity index (χ3n) is 7.65. The fourth-order valence-corrected chi connectivity index (χ4v) is 5.95. The van der Waals surface area contributed by atoms with Gasteiger partial charge >= 0.3 is 0 Å². The number of aliphatic imine (C=N–C) groups is 1. The standard InChI is InChI=1S/C35H39N8O3P/c1-42(2)25-40-33-32-34(38-24-37-33)43(26-39-32)21-19-30(31(44)23-46-47-45-22-12-20-36)41-35(27-13-6-3-7-14-27,28-15-8-4-9-16-28)29-17-10-5-11-18-29/h3-11,13-18,24-26,30-31,41,44,47H,12,19,21-23H2,1-2H3. The van der Waals surface area contributed by atoms with E-state index in [9.17, 15) is 5.11 Å². The number of nitrogens with zero attached hydrogens (tertiary/aromatic N) is 7. The van der Waals surface area contributed by atoms with Crippen LogP contribution in [0.5, 0.6) is 0 Å². The molecule has 0 aliphatic carbocycles. The first-order valence-electron chi connectivity index (χ1n) is 15.4. The van der Waals surface area contributed by atoms with E-state index in [2.05, 4.69) is 67.7 Å². The molecule has 3 unspecified atom stereocenters. The predicted octanol–water partition coefficient (Wildman–Crippen LogP) is 5.20. The molecule has 3 atom stereocenters. The molecule has 242 valence electrons. The van der Waals surface area contributed by atoms with Gasteiger partial charge in [-0.25, -0.2) is 19.9 Å². The van der Waals surface area contributed by atoms with Crippen molar-refractivity contribution in [1.82, 2.24) is 29.7 Å². The van der Waals surface area contributed by atoms with E-state index in [0.29, 0.717) is 29.9 Å². The third-order valence-corrected chi connectivity index (χ3v) is 8.26. The normalized spacial score (nSPS) is 13.3. The summed E-state index contributed by atoms with van der Waals surface area (Å²) in [5.41, 5.74) is 3.53. The smallest absolute Gasteiger partial charge is 0.184 e. The summed E-state index contributed by atoms with van der Waals surface area (Å²) in [6.45, 7) is 0.809. The van der Waals surface area contributed by atoms with Crippen LogP contribution in [0.2, 0.25) is 0 Å². The van der Waals surface area contributed by atoms with Gasteiger partial charge in [0, 0.05) is 26.7 Å². The maximum absolute atomic E-state index is 11.8. The van der Waals surface area contributed by atoms with E-state index in [-0.39, 0.29) is 28.7 Å². The second kappa shape index (κ2) is 16.8. The molecule has 0 saturated carbocycles. The van der Waals surface area contributed by atoms with Crippen LogP contribution >= 0.6 is 9.03 Å². The van der Waals surface area contributed by atoms with Crippen LogP contribution in [0.25, 0.3) is 11.2 Å². The van der Waals surface area contributed by atoms with Crippen molar-refractivity contribution in [1.29, 1.82) is 5.26 Å². The van der Waals surface area contributed by atoms with Crippen molar-refractivity contribution in [2.24, 2.45) is 4.99 Å². The van der Waals surface area contributed by atoms with Gasteiger partial charge in [-0.1, -0.05) is 91.0 Å². The van der Waals surface area contributed by atoms with E-state index in [1.807, 2.05) is 78.2 Å². The molecule has 3 aromatic carbocycles. The highest BCUT2D eigenvalue weighted by Gasteiger charge is 2.39. The molecule has 2 aromatic heterocycles.